The lowest BCUT2D eigenvalue weighted by Gasteiger charge is -2.12. The van der Waals surface area contributed by atoms with Crippen LogP contribution in [0.25, 0.3) is 0 Å². The van der Waals surface area contributed by atoms with Gasteiger partial charge in [-0.2, -0.15) is 0 Å². The summed E-state index contributed by atoms with van der Waals surface area (Å²) in [6, 6.07) is 7.16. The molecule has 1 rings (SSSR count). The van der Waals surface area contributed by atoms with E-state index in [9.17, 15) is 0 Å². The van der Waals surface area contributed by atoms with E-state index >= 15 is 0 Å². The Bertz CT molecular complexity index is 355. The molecule has 5 heteroatoms. The number of para-hydroxylation sites is 1. The van der Waals surface area contributed by atoms with Gasteiger partial charge in [0.05, 0.1) is 17.5 Å². The van der Waals surface area contributed by atoms with Gasteiger partial charge in [0.2, 0.25) is 0 Å². The number of hydrogen-bond acceptors (Lipinski definition) is 3. The Morgan fingerprint density at radius 1 is 1.60 bits per heavy atom. The molecule has 0 amide bonds. The third-order valence-corrected chi connectivity index (χ3v) is 2.26. The van der Waals surface area contributed by atoms with E-state index in [0.717, 1.165) is 0 Å². The topological polar surface area (TPSA) is 67.8 Å². The van der Waals surface area contributed by atoms with Gasteiger partial charge in [0.1, 0.15) is 11.6 Å². The van der Waals surface area contributed by atoms with Crippen molar-refractivity contribution in [3.05, 3.63) is 29.3 Å². The molecule has 0 aliphatic heterocycles. The first kappa shape index (κ1) is 11.7. The highest BCUT2D eigenvalue weighted by atomic mass is 35.5. The van der Waals surface area contributed by atoms with Gasteiger partial charge in [-0.15, -0.1) is 0 Å². The van der Waals surface area contributed by atoms with Gasteiger partial charge in [0, 0.05) is 0 Å². The van der Waals surface area contributed by atoms with Crippen LogP contribution in [-0.4, -0.2) is 17.6 Å². The molecule has 0 aliphatic carbocycles. The molecule has 4 nitrogen and oxygen atoms in total. The zero-order valence-corrected chi connectivity index (χ0v) is 9.11. The Hall–Kier alpha value is -1.42. The Morgan fingerprint density at radius 3 is 2.87 bits per heavy atom. The van der Waals surface area contributed by atoms with E-state index < -0.39 is 0 Å². The lowest BCUT2D eigenvalue weighted by molar-refractivity contribution is 0.279. The highest BCUT2D eigenvalue weighted by Crippen LogP contribution is 2.23. The van der Waals surface area contributed by atoms with Crippen LogP contribution in [-0.2, 0) is 0 Å². The average molecular weight is 229 g/mol. The van der Waals surface area contributed by atoms with Crippen molar-refractivity contribution in [1.82, 2.24) is 0 Å². The third kappa shape index (κ3) is 3.32. The van der Waals surface area contributed by atoms with Crippen molar-refractivity contribution < 1.29 is 9.94 Å². The molecule has 0 spiro atoms. The number of benzene rings is 1. The highest BCUT2D eigenvalue weighted by Gasteiger charge is 2.09. The fourth-order valence-corrected chi connectivity index (χ4v) is 1.15. The fourth-order valence-electron chi connectivity index (χ4n) is 0.961. The number of halogens is 1. The predicted molar refractivity (Wildman–Crippen MR) is 59.5 cm³/mol. The Labute approximate surface area is 93.3 Å². The van der Waals surface area contributed by atoms with Crippen LogP contribution in [0, 0.1) is 5.92 Å². The second kappa shape index (κ2) is 5.46. The summed E-state index contributed by atoms with van der Waals surface area (Å²) in [5.41, 5.74) is 5.41. The van der Waals surface area contributed by atoms with Crippen molar-refractivity contribution in [3.8, 4) is 5.75 Å². The Kier molecular flexibility index (Phi) is 4.24. The van der Waals surface area contributed by atoms with Gasteiger partial charge in [0.25, 0.3) is 0 Å². The van der Waals surface area contributed by atoms with E-state index in [0.29, 0.717) is 17.4 Å². The molecule has 82 valence electrons. The van der Waals surface area contributed by atoms with Crippen LogP contribution in [0.3, 0.4) is 0 Å². The molecule has 0 saturated heterocycles. The lowest BCUT2D eigenvalue weighted by atomic mass is 10.2. The summed E-state index contributed by atoms with van der Waals surface area (Å²) in [6.45, 7) is 2.12. The number of oxime groups is 1. The molecule has 0 heterocycles. The first-order valence-electron chi connectivity index (χ1n) is 4.50. The molecular weight excluding hydrogens is 216 g/mol. The maximum atomic E-state index is 8.44. The second-order valence-corrected chi connectivity index (χ2v) is 3.57. The summed E-state index contributed by atoms with van der Waals surface area (Å²) < 4.78 is 5.42. The molecule has 0 radical (unpaired) electrons. The Morgan fingerprint density at radius 2 is 2.27 bits per heavy atom. The number of ether oxygens (including phenoxy) is 1. The zero-order valence-electron chi connectivity index (χ0n) is 8.35. The van der Waals surface area contributed by atoms with Gasteiger partial charge < -0.3 is 15.7 Å². The van der Waals surface area contributed by atoms with Gasteiger partial charge in [-0.05, 0) is 12.1 Å². The highest BCUT2D eigenvalue weighted by molar-refractivity contribution is 6.32. The van der Waals surface area contributed by atoms with Crippen LogP contribution < -0.4 is 10.5 Å². The first-order chi connectivity index (χ1) is 7.15. The molecule has 0 bridgehead atoms. The van der Waals surface area contributed by atoms with Crippen molar-refractivity contribution >= 4 is 17.4 Å². The van der Waals surface area contributed by atoms with E-state index in [1.165, 1.54) is 0 Å². The van der Waals surface area contributed by atoms with Gasteiger partial charge >= 0.3 is 0 Å². The molecule has 1 unspecified atom stereocenters. The molecule has 1 atom stereocenters. The summed E-state index contributed by atoms with van der Waals surface area (Å²) in [6.07, 6.45) is 0. The SMILES string of the molecule is CC(COc1ccccc1Cl)/C(N)=N/O. The van der Waals surface area contributed by atoms with E-state index in [2.05, 4.69) is 5.16 Å². The van der Waals surface area contributed by atoms with Gasteiger partial charge in [-0.3, -0.25) is 0 Å². The molecule has 1 aromatic carbocycles. The predicted octanol–water partition coefficient (Wildman–Crippen LogP) is 2.10. The van der Waals surface area contributed by atoms with E-state index in [4.69, 9.17) is 27.3 Å². The molecule has 1 aromatic rings. The molecule has 0 saturated carbocycles. The van der Waals surface area contributed by atoms with Gasteiger partial charge in [0.15, 0.2) is 0 Å². The summed E-state index contributed by atoms with van der Waals surface area (Å²) >= 11 is 5.89. The second-order valence-electron chi connectivity index (χ2n) is 3.17. The molecule has 0 fully saturated rings. The molecular formula is C10H13ClN2O2. The summed E-state index contributed by atoms with van der Waals surface area (Å²) in [5, 5.41) is 11.9. The van der Waals surface area contributed by atoms with Crippen LogP contribution in [0.2, 0.25) is 5.02 Å². The minimum absolute atomic E-state index is 0.141. The smallest absolute Gasteiger partial charge is 0.145 e. The van der Waals surface area contributed by atoms with Gasteiger partial charge in [-0.1, -0.05) is 35.8 Å². The van der Waals surface area contributed by atoms with E-state index in [1.54, 1.807) is 19.1 Å². The first-order valence-corrected chi connectivity index (χ1v) is 4.87. The van der Waals surface area contributed by atoms with Crippen LogP contribution >= 0.6 is 11.6 Å². The molecule has 0 aliphatic rings. The maximum Gasteiger partial charge on any atom is 0.145 e. The molecule has 3 N–H and O–H groups in total. The fraction of sp³-hybridized carbons (Fsp3) is 0.300. The lowest BCUT2D eigenvalue weighted by Crippen LogP contribution is -2.26. The van der Waals surface area contributed by atoms with Gasteiger partial charge in [-0.25, -0.2) is 0 Å². The normalized spacial score (nSPS) is 13.6. The quantitative estimate of drug-likeness (QED) is 0.359. The maximum absolute atomic E-state index is 8.44. The summed E-state index contributed by atoms with van der Waals surface area (Å²) in [4.78, 5) is 0. The number of amidine groups is 1. The van der Waals surface area contributed by atoms with Crippen molar-refractivity contribution in [1.29, 1.82) is 0 Å². The standard InChI is InChI=1S/C10H13ClN2O2/c1-7(10(12)13-14)6-15-9-5-3-2-4-8(9)11/h2-5,7,14H,6H2,1H3,(H2,12,13). The number of rotatable bonds is 4. The third-order valence-electron chi connectivity index (χ3n) is 1.95. The minimum atomic E-state index is -0.161. The number of hydrogen-bond donors (Lipinski definition) is 2. The van der Waals surface area contributed by atoms with E-state index in [-0.39, 0.29) is 11.8 Å². The Balaban J connectivity index is 2.54. The van der Waals surface area contributed by atoms with Crippen molar-refractivity contribution in [2.45, 2.75) is 6.92 Å². The average Bonchev–Trinajstić information content (AvgIpc) is 2.26. The van der Waals surface area contributed by atoms with Crippen molar-refractivity contribution in [2.75, 3.05) is 6.61 Å². The largest absolute Gasteiger partial charge is 0.491 e. The van der Waals surface area contributed by atoms with Crippen LogP contribution in [0.1, 0.15) is 6.92 Å². The minimum Gasteiger partial charge on any atom is -0.491 e. The van der Waals surface area contributed by atoms with Crippen LogP contribution in [0.15, 0.2) is 29.4 Å². The molecule has 15 heavy (non-hydrogen) atoms. The number of nitrogens with two attached hydrogens (primary N) is 1. The van der Waals surface area contributed by atoms with Crippen LogP contribution in [0.5, 0.6) is 5.75 Å². The molecule has 0 aromatic heterocycles. The summed E-state index contributed by atoms with van der Waals surface area (Å²) in [7, 11) is 0. The van der Waals surface area contributed by atoms with E-state index in [1.807, 2.05) is 12.1 Å². The number of nitrogens with zero attached hydrogens (tertiary/aromatic N) is 1. The monoisotopic (exact) mass is 228 g/mol. The summed E-state index contributed by atoms with van der Waals surface area (Å²) in [5.74, 6) is 0.574. The van der Waals surface area contributed by atoms with Crippen LogP contribution in [0.4, 0.5) is 0 Å². The van der Waals surface area contributed by atoms with Crippen molar-refractivity contribution in [2.24, 2.45) is 16.8 Å². The van der Waals surface area contributed by atoms with Crippen molar-refractivity contribution in [3.63, 3.8) is 0 Å². The zero-order chi connectivity index (χ0) is 11.3.